The molecule has 0 unspecified atom stereocenters. The fraction of sp³-hybridized carbons (Fsp3) is 0.667. The maximum Gasteiger partial charge on any atom is 0.307 e. The van der Waals surface area contributed by atoms with E-state index >= 15 is 0 Å². The Morgan fingerprint density at radius 1 is 1.75 bits per heavy atom. The molecule has 0 saturated carbocycles. The zero-order chi connectivity index (χ0) is 8.97. The zero-order valence-corrected chi connectivity index (χ0v) is 7.42. The number of carboxylic acid groups (broad SMARTS) is 1. The third-order valence-corrected chi connectivity index (χ3v) is 2.21. The highest BCUT2D eigenvalue weighted by molar-refractivity contribution is 5.70. The fourth-order valence-corrected chi connectivity index (χ4v) is 1.40. The van der Waals surface area contributed by atoms with Crippen LogP contribution in [0, 0.1) is 0 Å². The Labute approximate surface area is 72.7 Å². The molecule has 1 heterocycles. The van der Waals surface area contributed by atoms with Crippen LogP contribution in [-0.4, -0.2) is 35.6 Å². The van der Waals surface area contributed by atoms with E-state index in [0.29, 0.717) is 0 Å². The molecule has 1 N–H and O–H groups in total. The van der Waals surface area contributed by atoms with Crippen LogP contribution in [0.3, 0.4) is 0 Å². The number of carboxylic acids is 1. The number of likely N-dealkylation sites (N-methyl/N-ethyl adjacent to an activating group) is 1. The summed E-state index contributed by atoms with van der Waals surface area (Å²) in [6, 6.07) is 0. The van der Waals surface area contributed by atoms with Crippen LogP contribution in [0.1, 0.15) is 19.8 Å². The van der Waals surface area contributed by atoms with Crippen LogP contribution in [-0.2, 0) is 4.79 Å². The average molecular weight is 169 g/mol. The van der Waals surface area contributed by atoms with Crippen molar-refractivity contribution in [1.82, 2.24) is 4.90 Å². The molecule has 0 radical (unpaired) electrons. The van der Waals surface area contributed by atoms with Crippen LogP contribution < -0.4 is 0 Å². The Morgan fingerprint density at radius 2 is 2.50 bits per heavy atom. The summed E-state index contributed by atoms with van der Waals surface area (Å²) < 4.78 is 0. The smallest absolute Gasteiger partial charge is 0.307 e. The molecule has 68 valence electrons. The van der Waals surface area contributed by atoms with Crippen LogP contribution in [0.2, 0.25) is 0 Å². The topological polar surface area (TPSA) is 40.5 Å². The van der Waals surface area contributed by atoms with E-state index in [9.17, 15) is 4.79 Å². The van der Waals surface area contributed by atoms with Crippen molar-refractivity contribution in [3.8, 4) is 0 Å². The van der Waals surface area contributed by atoms with E-state index in [1.165, 1.54) is 0 Å². The highest BCUT2D eigenvalue weighted by Crippen LogP contribution is 2.13. The first-order valence-electron chi connectivity index (χ1n) is 4.34. The first-order valence-corrected chi connectivity index (χ1v) is 4.34. The van der Waals surface area contributed by atoms with E-state index in [2.05, 4.69) is 11.8 Å². The predicted molar refractivity (Wildman–Crippen MR) is 47.1 cm³/mol. The Balaban J connectivity index is 2.39. The summed E-state index contributed by atoms with van der Waals surface area (Å²) in [4.78, 5) is 12.7. The minimum absolute atomic E-state index is 0.220. The van der Waals surface area contributed by atoms with Gasteiger partial charge in [-0.25, -0.2) is 0 Å². The molecule has 0 aromatic heterocycles. The number of nitrogens with zero attached hydrogens (tertiary/aromatic N) is 1. The maximum atomic E-state index is 10.4. The maximum absolute atomic E-state index is 10.4. The van der Waals surface area contributed by atoms with Crippen molar-refractivity contribution in [2.75, 3.05) is 19.6 Å². The van der Waals surface area contributed by atoms with Gasteiger partial charge in [0.1, 0.15) is 0 Å². The number of hydrogen-bond donors (Lipinski definition) is 1. The number of rotatable bonds is 3. The van der Waals surface area contributed by atoms with E-state index in [0.717, 1.165) is 31.6 Å². The minimum atomic E-state index is -0.716. The zero-order valence-electron chi connectivity index (χ0n) is 7.42. The van der Waals surface area contributed by atoms with Gasteiger partial charge in [-0.3, -0.25) is 9.69 Å². The summed E-state index contributed by atoms with van der Waals surface area (Å²) in [6.45, 7) is 5.10. The lowest BCUT2D eigenvalue weighted by molar-refractivity contribution is -0.136. The molecule has 1 aliphatic rings. The lowest BCUT2D eigenvalue weighted by Crippen LogP contribution is -2.28. The molecule has 0 bridgehead atoms. The van der Waals surface area contributed by atoms with Crippen molar-refractivity contribution in [2.24, 2.45) is 0 Å². The Kier molecular flexibility index (Phi) is 3.29. The van der Waals surface area contributed by atoms with Crippen LogP contribution in [0.25, 0.3) is 0 Å². The van der Waals surface area contributed by atoms with Crippen molar-refractivity contribution < 1.29 is 9.90 Å². The first-order chi connectivity index (χ1) is 5.72. The van der Waals surface area contributed by atoms with Gasteiger partial charge in [-0.15, -0.1) is 0 Å². The summed E-state index contributed by atoms with van der Waals surface area (Å²) in [7, 11) is 0. The lowest BCUT2D eigenvalue weighted by Gasteiger charge is -2.24. The summed E-state index contributed by atoms with van der Waals surface area (Å²) in [5.74, 6) is -0.716. The molecule has 0 amide bonds. The molecule has 0 fully saturated rings. The molecule has 0 aliphatic carbocycles. The first kappa shape index (κ1) is 9.26. The largest absolute Gasteiger partial charge is 0.481 e. The van der Waals surface area contributed by atoms with Gasteiger partial charge in [0.05, 0.1) is 6.42 Å². The minimum Gasteiger partial charge on any atom is -0.481 e. The SMILES string of the molecule is CCN1CC=C(CC(=O)O)CC1. The normalized spacial score (nSPS) is 18.9. The summed E-state index contributed by atoms with van der Waals surface area (Å²) in [5.41, 5.74) is 1.08. The van der Waals surface area contributed by atoms with Crippen LogP contribution >= 0.6 is 0 Å². The molecule has 1 aliphatic heterocycles. The van der Waals surface area contributed by atoms with E-state index in [-0.39, 0.29) is 6.42 Å². The van der Waals surface area contributed by atoms with E-state index < -0.39 is 5.97 Å². The highest BCUT2D eigenvalue weighted by Gasteiger charge is 2.11. The molecule has 0 aromatic carbocycles. The summed E-state index contributed by atoms with van der Waals surface area (Å²) >= 11 is 0. The van der Waals surface area contributed by atoms with Crippen LogP contribution in [0.15, 0.2) is 11.6 Å². The Morgan fingerprint density at radius 3 is 2.92 bits per heavy atom. The summed E-state index contributed by atoms with van der Waals surface area (Å²) in [6.07, 6.45) is 3.18. The number of aliphatic carboxylic acids is 1. The van der Waals surface area contributed by atoms with Crippen molar-refractivity contribution in [1.29, 1.82) is 0 Å². The van der Waals surface area contributed by atoms with Gasteiger partial charge in [-0.1, -0.05) is 18.6 Å². The molecule has 0 aromatic rings. The third kappa shape index (κ3) is 2.66. The quantitative estimate of drug-likeness (QED) is 0.643. The van der Waals surface area contributed by atoms with Gasteiger partial charge in [0.25, 0.3) is 0 Å². The second kappa shape index (κ2) is 4.26. The highest BCUT2D eigenvalue weighted by atomic mass is 16.4. The molecule has 1 rings (SSSR count). The summed E-state index contributed by atoms with van der Waals surface area (Å²) in [5, 5.41) is 8.53. The van der Waals surface area contributed by atoms with Gasteiger partial charge < -0.3 is 5.11 Å². The van der Waals surface area contributed by atoms with Crippen molar-refractivity contribution in [3.63, 3.8) is 0 Å². The molecule has 3 heteroatoms. The molecular formula is C9H15NO2. The Bertz CT molecular complexity index is 199. The lowest BCUT2D eigenvalue weighted by atomic mass is 10.1. The van der Waals surface area contributed by atoms with Gasteiger partial charge in [0, 0.05) is 13.1 Å². The molecule has 12 heavy (non-hydrogen) atoms. The molecular weight excluding hydrogens is 154 g/mol. The van der Waals surface area contributed by atoms with Gasteiger partial charge in [-0.2, -0.15) is 0 Å². The van der Waals surface area contributed by atoms with Gasteiger partial charge in [-0.05, 0) is 13.0 Å². The fourth-order valence-electron chi connectivity index (χ4n) is 1.40. The van der Waals surface area contributed by atoms with E-state index in [1.807, 2.05) is 6.08 Å². The third-order valence-electron chi connectivity index (χ3n) is 2.21. The number of hydrogen-bond acceptors (Lipinski definition) is 2. The van der Waals surface area contributed by atoms with E-state index in [1.54, 1.807) is 0 Å². The molecule has 0 saturated heterocycles. The van der Waals surface area contributed by atoms with Crippen molar-refractivity contribution >= 4 is 5.97 Å². The average Bonchev–Trinajstić information content (AvgIpc) is 2.05. The molecule has 0 spiro atoms. The van der Waals surface area contributed by atoms with E-state index in [4.69, 9.17) is 5.11 Å². The Hall–Kier alpha value is -0.830. The van der Waals surface area contributed by atoms with Gasteiger partial charge >= 0.3 is 5.97 Å². The van der Waals surface area contributed by atoms with Crippen LogP contribution in [0.4, 0.5) is 0 Å². The predicted octanol–water partition coefficient (Wildman–Crippen LogP) is 1.11. The molecule has 0 atom stereocenters. The second-order valence-corrected chi connectivity index (χ2v) is 3.08. The standard InChI is InChI=1S/C9H15NO2/c1-2-10-5-3-8(4-6-10)7-9(11)12/h3H,2,4-7H2,1H3,(H,11,12). The van der Waals surface area contributed by atoms with Crippen LogP contribution in [0.5, 0.6) is 0 Å². The van der Waals surface area contributed by atoms with Gasteiger partial charge in [0.2, 0.25) is 0 Å². The number of carbonyl (C=O) groups is 1. The van der Waals surface area contributed by atoms with Gasteiger partial charge in [0.15, 0.2) is 0 Å². The van der Waals surface area contributed by atoms with Crippen molar-refractivity contribution in [2.45, 2.75) is 19.8 Å². The second-order valence-electron chi connectivity index (χ2n) is 3.08. The monoisotopic (exact) mass is 169 g/mol. The van der Waals surface area contributed by atoms with Crippen molar-refractivity contribution in [3.05, 3.63) is 11.6 Å². The molecule has 3 nitrogen and oxygen atoms in total.